The molecule has 41 heavy (non-hydrogen) atoms. The number of fused-ring (bicyclic) bond motifs is 10. The van der Waals surface area contributed by atoms with Crippen LogP contribution in [0.1, 0.15) is 110 Å². The summed E-state index contributed by atoms with van der Waals surface area (Å²) >= 11 is 5.27. The molecule has 8 rings (SSSR count). The highest BCUT2D eigenvalue weighted by Gasteiger charge is 2.52. The van der Waals surface area contributed by atoms with E-state index in [1.807, 2.05) is 0 Å². The van der Waals surface area contributed by atoms with Gasteiger partial charge in [0.25, 0.3) is 0 Å². The van der Waals surface area contributed by atoms with Crippen molar-refractivity contribution in [3.63, 3.8) is 0 Å². The largest absolute Gasteiger partial charge is 0.372 e. The van der Waals surface area contributed by atoms with Crippen molar-refractivity contribution in [1.82, 2.24) is 0 Å². The minimum atomic E-state index is 0.454. The van der Waals surface area contributed by atoms with Crippen molar-refractivity contribution in [2.75, 3.05) is 0 Å². The van der Waals surface area contributed by atoms with Crippen LogP contribution in [-0.2, 0) is 30.8 Å². The highest BCUT2D eigenvalue weighted by atomic mass is 127. The standard InChI is InChI=1S/C38H44I2O/c1-37-17-15-29-27-7-3-23(19-25(27)5-9-31(29)33(37)11-13-35(37)39)21-41-22-24-4-8-28-26(20-24)6-10-32-30(28)16-18-38(2)34(32)12-14-36(38)40/h3-4,7-8,13-14,19-20,29-34H,5-6,9-12,15-18,21-22H2,1-2H3/t29-,30-,31-,32-,33+,34+,37+,38+/m1/s1. The average molecular weight is 771 g/mol. The maximum Gasteiger partial charge on any atom is 0.0721 e. The lowest BCUT2D eigenvalue weighted by Crippen LogP contribution is -2.40. The topological polar surface area (TPSA) is 9.23 Å². The molecule has 8 atom stereocenters. The molecule has 0 N–H and O–H groups in total. The first-order valence-electron chi connectivity index (χ1n) is 16.4. The Kier molecular flexibility index (Phi) is 7.11. The van der Waals surface area contributed by atoms with Gasteiger partial charge in [-0.25, -0.2) is 0 Å². The molecule has 216 valence electrons. The predicted octanol–water partition coefficient (Wildman–Crippen LogP) is 11.0. The number of hydrogen-bond donors (Lipinski definition) is 0. The van der Waals surface area contributed by atoms with Gasteiger partial charge in [-0.3, -0.25) is 0 Å². The molecule has 2 saturated carbocycles. The summed E-state index contributed by atoms with van der Waals surface area (Å²) in [5, 5.41) is 0. The SMILES string of the molecule is C[C@]12CC[C@@H]3c4ccc(COCc5ccc6c(c5)CC[C@@H]5[C@@H]6CC[C@]6(C)C(I)=CC[C@@H]56)cc4CC[C@H]3[C@@H]1CC=C2I. The third kappa shape index (κ3) is 4.42. The third-order valence-corrected chi connectivity index (χ3v) is 16.4. The molecule has 0 aliphatic heterocycles. The van der Waals surface area contributed by atoms with Crippen LogP contribution in [-0.4, -0.2) is 0 Å². The molecule has 3 heteroatoms. The summed E-state index contributed by atoms with van der Waals surface area (Å²) < 4.78 is 9.62. The van der Waals surface area contributed by atoms with Crippen molar-refractivity contribution in [1.29, 1.82) is 0 Å². The molecule has 0 saturated heterocycles. The van der Waals surface area contributed by atoms with E-state index in [9.17, 15) is 0 Å². The second-order valence-electron chi connectivity index (χ2n) is 14.9. The highest BCUT2D eigenvalue weighted by Crippen LogP contribution is 2.63. The van der Waals surface area contributed by atoms with Crippen molar-refractivity contribution in [2.45, 2.75) is 103 Å². The Morgan fingerprint density at radius 3 is 1.61 bits per heavy atom. The summed E-state index contributed by atoms with van der Waals surface area (Å²) in [4.78, 5) is 0. The van der Waals surface area contributed by atoms with E-state index in [2.05, 4.69) is 108 Å². The molecule has 2 aromatic carbocycles. The van der Waals surface area contributed by atoms with Gasteiger partial charge in [0.15, 0.2) is 0 Å². The number of rotatable bonds is 4. The number of allylic oxidation sites excluding steroid dienone is 4. The monoisotopic (exact) mass is 770 g/mol. The lowest BCUT2D eigenvalue weighted by atomic mass is 9.55. The van der Waals surface area contributed by atoms with Crippen LogP contribution in [0.3, 0.4) is 0 Å². The summed E-state index contributed by atoms with van der Waals surface area (Å²) in [6, 6.07) is 14.7. The fraction of sp³-hybridized carbons (Fsp3) is 0.579. The number of ether oxygens (including phenoxy) is 1. The molecule has 0 amide bonds. The predicted molar refractivity (Wildman–Crippen MR) is 186 cm³/mol. The minimum Gasteiger partial charge on any atom is -0.372 e. The van der Waals surface area contributed by atoms with Crippen LogP contribution in [0.2, 0.25) is 0 Å². The Hall–Kier alpha value is -0.660. The summed E-state index contributed by atoms with van der Waals surface area (Å²) in [7, 11) is 0. The average Bonchev–Trinajstić information content (AvgIpc) is 3.46. The zero-order valence-electron chi connectivity index (χ0n) is 24.7. The molecule has 2 aromatic rings. The van der Waals surface area contributed by atoms with Crippen LogP contribution in [0.5, 0.6) is 0 Å². The Morgan fingerprint density at radius 2 is 1.15 bits per heavy atom. The zero-order chi connectivity index (χ0) is 27.9. The van der Waals surface area contributed by atoms with Gasteiger partial charge < -0.3 is 4.74 Å². The maximum absolute atomic E-state index is 6.35. The second kappa shape index (κ2) is 10.5. The number of benzene rings is 2. The van der Waals surface area contributed by atoms with Crippen LogP contribution >= 0.6 is 45.2 Å². The number of hydrogen-bond acceptors (Lipinski definition) is 1. The van der Waals surface area contributed by atoms with E-state index in [0.29, 0.717) is 10.8 Å². The van der Waals surface area contributed by atoms with Crippen LogP contribution in [0, 0.1) is 34.5 Å². The van der Waals surface area contributed by atoms with Gasteiger partial charge in [-0.15, -0.1) is 0 Å². The summed E-state index contributed by atoms with van der Waals surface area (Å²) in [6.45, 7) is 6.54. The molecule has 2 fully saturated rings. The lowest BCUT2D eigenvalue weighted by Gasteiger charge is -2.49. The second-order valence-corrected chi connectivity index (χ2v) is 17.2. The van der Waals surface area contributed by atoms with E-state index in [1.54, 1.807) is 29.4 Å². The number of halogens is 2. The molecule has 0 bridgehead atoms. The molecule has 6 aliphatic rings. The van der Waals surface area contributed by atoms with Crippen molar-refractivity contribution >= 4 is 45.2 Å². The fourth-order valence-electron chi connectivity index (χ4n) is 10.8. The van der Waals surface area contributed by atoms with Crippen LogP contribution in [0.15, 0.2) is 55.7 Å². The Morgan fingerprint density at radius 1 is 0.683 bits per heavy atom. The van der Waals surface area contributed by atoms with Gasteiger partial charge in [0, 0.05) is 10.8 Å². The van der Waals surface area contributed by atoms with E-state index < -0.39 is 0 Å². The molecule has 6 aliphatic carbocycles. The Bertz CT molecular complexity index is 1330. The molecule has 0 aromatic heterocycles. The molecule has 0 heterocycles. The quantitative estimate of drug-likeness (QED) is 0.282. The van der Waals surface area contributed by atoms with Crippen molar-refractivity contribution in [3.8, 4) is 0 Å². The van der Waals surface area contributed by atoms with Crippen molar-refractivity contribution < 1.29 is 4.74 Å². The van der Waals surface area contributed by atoms with Crippen molar-refractivity contribution in [2.24, 2.45) is 34.5 Å². The first-order valence-corrected chi connectivity index (χ1v) is 18.5. The van der Waals surface area contributed by atoms with E-state index in [-0.39, 0.29) is 0 Å². The van der Waals surface area contributed by atoms with E-state index in [4.69, 9.17) is 4.74 Å². The third-order valence-electron chi connectivity index (χ3n) is 13.1. The first-order chi connectivity index (χ1) is 19.8. The van der Waals surface area contributed by atoms with Gasteiger partial charge in [-0.1, -0.05) is 62.4 Å². The number of aryl methyl sites for hydroxylation is 2. The molecule has 0 spiro atoms. The fourth-order valence-corrected chi connectivity index (χ4v) is 12.6. The van der Waals surface area contributed by atoms with Gasteiger partial charge in [0.2, 0.25) is 0 Å². The van der Waals surface area contributed by atoms with Gasteiger partial charge in [0.05, 0.1) is 13.2 Å². The lowest BCUT2D eigenvalue weighted by molar-refractivity contribution is 0.0810. The van der Waals surface area contributed by atoms with E-state index in [0.717, 1.165) is 48.7 Å². The van der Waals surface area contributed by atoms with Gasteiger partial charge in [0.1, 0.15) is 0 Å². The van der Waals surface area contributed by atoms with Crippen molar-refractivity contribution in [3.05, 3.63) is 89.1 Å². The van der Waals surface area contributed by atoms with E-state index in [1.165, 1.54) is 75.3 Å². The van der Waals surface area contributed by atoms with Gasteiger partial charge >= 0.3 is 0 Å². The summed E-state index contributed by atoms with van der Waals surface area (Å²) in [6.07, 6.45) is 18.4. The summed E-state index contributed by atoms with van der Waals surface area (Å²) in [5.41, 5.74) is 10.1. The normalized spacial score (nSPS) is 38.5. The molecular weight excluding hydrogens is 726 g/mol. The highest BCUT2D eigenvalue weighted by molar-refractivity contribution is 14.1. The molecule has 0 unspecified atom stereocenters. The smallest absolute Gasteiger partial charge is 0.0721 e. The molecule has 0 radical (unpaired) electrons. The zero-order valence-corrected chi connectivity index (χ0v) is 29.0. The van der Waals surface area contributed by atoms with Crippen LogP contribution in [0.4, 0.5) is 0 Å². The van der Waals surface area contributed by atoms with Gasteiger partial charge in [-0.05, 0) is 185 Å². The Labute approximate surface area is 274 Å². The van der Waals surface area contributed by atoms with Crippen LogP contribution < -0.4 is 0 Å². The van der Waals surface area contributed by atoms with Gasteiger partial charge in [-0.2, -0.15) is 0 Å². The maximum atomic E-state index is 6.35. The Balaban J connectivity index is 0.909. The summed E-state index contributed by atoms with van der Waals surface area (Å²) in [5.74, 6) is 4.97. The molecular formula is C38H44I2O. The minimum absolute atomic E-state index is 0.454. The first kappa shape index (κ1) is 27.9. The van der Waals surface area contributed by atoms with E-state index >= 15 is 0 Å². The molecule has 1 nitrogen and oxygen atoms in total. The van der Waals surface area contributed by atoms with Crippen LogP contribution in [0.25, 0.3) is 0 Å².